The number of nitriles is 1. The minimum Gasteiger partial charge on any atom is -0.379 e. The lowest BCUT2D eigenvalue weighted by molar-refractivity contribution is -0.134. The summed E-state index contributed by atoms with van der Waals surface area (Å²) in [6, 6.07) is 10.9. The summed E-state index contributed by atoms with van der Waals surface area (Å²) in [6.45, 7) is 1.74. The number of carbonyl (C=O) groups is 1. The van der Waals surface area contributed by atoms with Crippen LogP contribution in [0.1, 0.15) is 29.2 Å². The SMILES string of the molecule is C[C@](O)(CN1CCc2ccc(F)cc2C1)C(=O)Nc1ccc(C#N)c(CF)c1. The fourth-order valence-electron chi connectivity index (χ4n) is 3.38. The number of rotatable bonds is 5. The molecule has 1 aliphatic heterocycles. The number of alkyl halides is 1. The van der Waals surface area contributed by atoms with Gasteiger partial charge in [-0.1, -0.05) is 6.07 Å². The Bertz CT molecular complexity index is 938. The second kappa shape index (κ2) is 8.05. The lowest BCUT2D eigenvalue weighted by Gasteiger charge is -2.34. The molecule has 0 bridgehead atoms. The number of aliphatic hydroxyl groups is 1. The molecule has 0 saturated heterocycles. The van der Waals surface area contributed by atoms with Gasteiger partial charge in [0.15, 0.2) is 5.60 Å². The minimum absolute atomic E-state index is 0.0705. The van der Waals surface area contributed by atoms with E-state index in [9.17, 15) is 18.7 Å². The standard InChI is InChI=1S/C21H21F2N3O2/c1-21(28,13-26-7-6-14-2-4-18(23)8-17(14)12-26)20(27)25-19-5-3-15(11-24)16(9-19)10-22/h2-5,8-9,28H,6-7,10,12-13H2,1H3,(H,25,27)/t21-/m0/s1. The molecule has 1 heterocycles. The molecule has 0 saturated carbocycles. The van der Waals surface area contributed by atoms with Crippen LogP contribution in [0.25, 0.3) is 0 Å². The number of amides is 1. The van der Waals surface area contributed by atoms with Crippen LogP contribution >= 0.6 is 0 Å². The van der Waals surface area contributed by atoms with Crippen molar-refractivity contribution in [2.75, 3.05) is 18.4 Å². The van der Waals surface area contributed by atoms with Crippen LogP contribution in [0, 0.1) is 17.1 Å². The summed E-state index contributed by atoms with van der Waals surface area (Å²) < 4.78 is 26.5. The zero-order valence-corrected chi connectivity index (χ0v) is 15.5. The molecule has 146 valence electrons. The quantitative estimate of drug-likeness (QED) is 0.830. The van der Waals surface area contributed by atoms with E-state index in [0.717, 1.165) is 11.1 Å². The van der Waals surface area contributed by atoms with Gasteiger partial charge in [0.1, 0.15) is 12.5 Å². The molecular weight excluding hydrogens is 364 g/mol. The van der Waals surface area contributed by atoms with E-state index in [4.69, 9.17) is 5.26 Å². The maximum absolute atomic E-state index is 13.5. The number of hydrogen-bond donors (Lipinski definition) is 2. The molecule has 1 amide bonds. The molecule has 1 aliphatic rings. The number of hydrogen-bond acceptors (Lipinski definition) is 4. The molecule has 0 aromatic heterocycles. The van der Waals surface area contributed by atoms with E-state index in [-0.39, 0.29) is 23.5 Å². The maximum Gasteiger partial charge on any atom is 0.257 e. The van der Waals surface area contributed by atoms with Gasteiger partial charge in [0.2, 0.25) is 0 Å². The van der Waals surface area contributed by atoms with Crippen molar-refractivity contribution in [2.24, 2.45) is 0 Å². The molecule has 3 rings (SSSR count). The number of β-amino-alcohol motifs (C(OH)–C–C–N with tert-alkyl or cyclic N) is 1. The monoisotopic (exact) mass is 385 g/mol. The van der Waals surface area contributed by atoms with E-state index >= 15 is 0 Å². The molecule has 0 radical (unpaired) electrons. The summed E-state index contributed by atoms with van der Waals surface area (Å²) in [7, 11) is 0. The molecule has 7 heteroatoms. The van der Waals surface area contributed by atoms with E-state index in [1.807, 2.05) is 11.0 Å². The Hall–Kier alpha value is -2.82. The largest absolute Gasteiger partial charge is 0.379 e. The number of anilines is 1. The second-order valence-corrected chi connectivity index (χ2v) is 7.22. The number of carbonyl (C=O) groups excluding carboxylic acids is 1. The van der Waals surface area contributed by atoms with Gasteiger partial charge in [-0.05, 0) is 54.8 Å². The predicted octanol–water partition coefficient (Wildman–Crippen LogP) is 2.91. The van der Waals surface area contributed by atoms with Gasteiger partial charge in [-0.25, -0.2) is 8.78 Å². The van der Waals surface area contributed by atoms with Gasteiger partial charge in [-0.15, -0.1) is 0 Å². The Kier molecular flexibility index (Phi) is 5.73. The summed E-state index contributed by atoms with van der Waals surface area (Å²) in [5.41, 5.74) is 0.901. The third-order valence-electron chi connectivity index (χ3n) is 4.91. The predicted molar refractivity (Wildman–Crippen MR) is 101 cm³/mol. The Labute approximate surface area is 162 Å². The first kappa shape index (κ1) is 19.9. The van der Waals surface area contributed by atoms with Crippen LogP contribution in [-0.4, -0.2) is 34.6 Å². The molecule has 0 spiro atoms. The van der Waals surface area contributed by atoms with Crippen molar-refractivity contribution in [1.82, 2.24) is 4.90 Å². The van der Waals surface area contributed by atoms with Gasteiger partial charge in [0.05, 0.1) is 11.6 Å². The van der Waals surface area contributed by atoms with Gasteiger partial charge < -0.3 is 10.4 Å². The summed E-state index contributed by atoms with van der Waals surface area (Å²) in [5.74, 6) is -0.943. The molecule has 0 fully saturated rings. The fraction of sp³-hybridized carbons (Fsp3) is 0.333. The Morgan fingerprint density at radius 1 is 1.32 bits per heavy atom. The van der Waals surface area contributed by atoms with Crippen molar-refractivity contribution >= 4 is 11.6 Å². The normalized spacial score (nSPS) is 16.0. The first-order valence-corrected chi connectivity index (χ1v) is 8.95. The Balaban J connectivity index is 1.67. The molecule has 2 aromatic rings. The summed E-state index contributed by atoms with van der Waals surface area (Å²) in [4.78, 5) is 14.5. The third-order valence-corrected chi connectivity index (χ3v) is 4.91. The average molecular weight is 385 g/mol. The molecule has 5 nitrogen and oxygen atoms in total. The van der Waals surface area contributed by atoms with Crippen LogP contribution in [0.5, 0.6) is 0 Å². The van der Waals surface area contributed by atoms with E-state index in [1.165, 1.54) is 37.3 Å². The molecule has 2 aromatic carbocycles. The number of nitrogens with one attached hydrogen (secondary N) is 1. The van der Waals surface area contributed by atoms with Crippen LogP contribution < -0.4 is 5.32 Å². The maximum atomic E-state index is 13.5. The highest BCUT2D eigenvalue weighted by Crippen LogP contribution is 2.23. The molecular formula is C21H21F2N3O2. The zero-order chi connectivity index (χ0) is 20.3. The van der Waals surface area contributed by atoms with Gasteiger partial charge in [-0.2, -0.15) is 5.26 Å². The van der Waals surface area contributed by atoms with Crippen LogP contribution in [0.3, 0.4) is 0 Å². The molecule has 1 atom stereocenters. The third kappa shape index (κ3) is 4.35. The zero-order valence-electron chi connectivity index (χ0n) is 15.5. The highest BCUT2D eigenvalue weighted by atomic mass is 19.1. The Morgan fingerprint density at radius 3 is 2.82 bits per heavy atom. The van der Waals surface area contributed by atoms with E-state index < -0.39 is 18.2 Å². The van der Waals surface area contributed by atoms with Gasteiger partial charge >= 0.3 is 0 Å². The molecule has 2 N–H and O–H groups in total. The van der Waals surface area contributed by atoms with Crippen LogP contribution in [0.2, 0.25) is 0 Å². The number of fused-ring (bicyclic) bond motifs is 1. The lowest BCUT2D eigenvalue weighted by atomic mass is 9.97. The van der Waals surface area contributed by atoms with Crippen LogP contribution in [0.15, 0.2) is 36.4 Å². The number of benzene rings is 2. The highest BCUT2D eigenvalue weighted by Gasteiger charge is 2.34. The first-order chi connectivity index (χ1) is 13.3. The highest BCUT2D eigenvalue weighted by molar-refractivity contribution is 5.97. The van der Waals surface area contributed by atoms with Crippen molar-refractivity contribution in [3.8, 4) is 6.07 Å². The van der Waals surface area contributed by atoms with Crippen LogP contribution in [0.4, 0.5) is 14.5 Å². The van der Waals surface area contributed by atoms with Crippen molar-refractivity contribution in [3.63, 3.8) is 0 Å². The Morgan fingerprint density at radius 2 is 2.11 bits per heavy atom. The van der Waals surface area contributed by atoms with Crippen molar-refractivity contribution in [3.05, 3.63) is 64.5 Å². The molecule has 0 aliphatic carbocycles. The summed E-state index contributed by atoms with van der Waals surface area (Å²) >= 11 is 0. The number of nitrogens with zero attached hydrogens (tertiary/aromatic N) is 2. The number of halogens is 2. The van der Waals surface area contributed by atoms with E-state index in [1.54, 1.807) is 6.07 Å². The van der Waals surface area contributed by atoms with Gasteiger partial charge in [-0.3, -0.25) is 9.69 Å². The molecule has 0 unspecified atom stereocenters. The summed E-state index contributed by atoms with van der Waals surface area (Å²) in [6.07, 6.45) is 0.711. The van der Waals surface area contributed by atoms with Crippen molar-refractivity contribution < 1.29 is 18.7 Å². The van der Waals surface area contributed by atoms with Crippen molar-refractivity contribution in [1.29, 1.82) is 5.26 Å². The summed E-state index contributed by atoms with van der Waals surface area (Å²) in [5, 5.41) is 22.2. The van der Waals surface area contributed by atoms with E-state index in [0.29, 0.717) is 25.2 Å². The molecule has 28 heavy (non-hydrogen) atoms. The van der Waals surface area contributed by atoms with Gasteiger partial charge in [0.25, 0.3) is 5.91 Å². The second-order valence-electron chi connectivity index (χ2n) is 7.22. The van der Waals surface area contributed by atoms with E-state index in [2.05, 4.69) is 5.32 Å². The average Bonchev–Trinajstić information content (AvgIpc) is 2.67. The fourth-order valence-corrected chi connectivity index (χ4v) is 3.38. The van der Waals surface area contributed by atoms with Crippen molar-refractivity contribution in [2.45, 2.75) is 32.2 Å². The minimum atomic E-state index is -1.70. The lowest BCUT2D eigenvalue weighted by Crippen LogP contribution is -2.50. The topological polar surface area (TPSA) is 76.4 Å². The first-order valence-electron chi connectivity index (χ1n) is 8.95. The smallest absolute Gasteiger partial charge is 0.257 e. The van der Waals surface area contributed by atoms with Gasteiger partial charge in [0, 0.05) is 30.9 Å². The van der Waals surface area contributed by atoms with Crippen LogP contribution in [-0.2, 0) is 24.4 Å².